The number of phenolic OH excluding ortho intramolecular Hbond substituents is 2. The summed E-state index contributed by atoms with van der Waals surface area (Å²) in [5, 5.41) is 19.8. The molecule has 0 aliphatic carbocycles. The molecule has 0 saturated heterocycles. The van der Waals surface area contributed by atoms with Crippen molar-refractivity contribution in [1.82, 2.24) is 0 Å². The second-order valence-electron chi connectivity index (χ2n) is 6.08. The Kier molecular flexibility index (Phi) is 2.77. The van der Waals surface area contributed by atoms with Crippen LogP contribution in [-0.2, 0) is 10.3 Å². The van der Waals surface area contributed by atoms with Crippen LogP contribution in [0.15, 0.2) is 70.5 Å². The molecule has 122 valence electrons. The Morgan fingerprint density at radius 3 is 2.04 bits per heavy atom. The maximum Gasteiger partial charge on any atom is 0.340 e. The van der Waals surface area contributed by atoms with Crippen molar-refractivity contribution in [3.8, 4) is 11.5 Å². The van der Waals surface area contributed by atoms with Crippen molar-refractivity contribution in [2.45, 2.75) is 15.4 Å². The molecule has 0 fully saturated rings. The highest BCUT2D eigenvalue weighted by atomic mass is 32.2. The Morgan fingerprint density at radius 1 is 0.800 bits per heavy atom. The van der Waals surface area contributed by atoms with Crippen LogP contribution in [0.3, 0.4) is 0 Å². The molecular weight excluding hydrogens is 336 g/mol. The molecule has 4 nitrogen and oxygen atoms in total. The van der Waals surface area contributed by atoms with Gasteiger partial charge in [-0.15, -0.1) is 0 Å². The molecule has 5 rings (SSSR count). The Labute approximate surface area is 147 Å². The van der Waals surface area contributed by atoms with E-state index in [1.807, 2.05) is 18.2 Å². The molecule has 2 N–H and O–H groups in total. The van der Waals surface area contributed by atoms with Gasteiger partial charge in [0.25, 0.3) is 0 Å². The number of esters is 1. The number of hydrogen-bond acceptors (Lipinski definition) is 5. The van der Waals surface area contributed by atoms with E-state index in [1.54, 1.807) is 42.5 Å². The molecule has 0 bridgehead atoms. The third-order valence-electron chi connectivity index (χ3n) is 4.68. The predicted octanol–water partition coefficient (Wildman–Crippen LogP) is 4.02. The smallest absolute Gasteiger partial charge is 0.340 e. The molecule has 25 heavy (non-hydrogen) atoms. The molecule has 0 unspecified atom stereocenters. The van der Waals surface area contributed by atoms with Gasteiger partial charge in [0.15, 0.2) is 5.60 Å². The monoisotopic (exact) mass is 348 g/mol. The van der Waals surface area contributed by atoms with E-state index in [0.717, 1.165) is 26.5 Å². The summed E-state index contributed by atoms with van der Waals surface area (Å²) in [7, 11) is 0. The molecule has 1 spiro atoms. The molecular formula is C20H12O4S. The van der Waals surface area contributed by atoms with E-state index >= 15 is 0 Å². The van der Waals surface area contributed by atoms with Gasteiger partial charge in [-0.2, -0.15) is 0 Å². The van der Waals surface area contributed by atoms with Gasteiger partial charge in [0, 0.05) is 26.5 Å². The van der Waals surface area contributed by atoms with Gasteiger partial charge in [0.1, 0.15) is 11.5 Å². The van der Waals surface area contributed by atoms with Crippen molar-refractivity contribution >= 4 is 17.7 Å². The fourth-order valence-electron chi connectivity index (χ4n) is 3.65. The molecule has 0 amide bonds. The van der Waals surface area contributed by atoms with Crippen LogP contribution in [0.25, 0.3) is 0 Å². The minimum atomic E-state index is -1.06. The second kappa shape index (κ2) is 4.80. The first-order valence-electron chi connectivity index (χ1n) is 7.77. The third-order valence-corrected chi connectivity index (χ3v) is 5.80. The van der Waals surface area contributed by atoms with E-state index in [4.69, 9.17) is 4.74 Å². The zero-order chi connectivity index (χ0) is 17.2. The third kappa shape index (κ3) is 1.81. The molecule has 2 aliphatic heterocycles. The quantitative estimate of drug-likeness (QED) is 0.601. The largest absolute Gasteiger partial charge is 0.508 e. The lowest BCUT2D eigenvalue weighted by atomic mass is 9.79. The fraction of sp³-hybridized carbons (Fsp3) is 0.0500. The average molecular weight is 348 g/mol. The summed E-state index contributed by atoms with van der Waals surface area (Å²) in [6.45, 7) is 0. The van der Waals surface area contributed by atoms with Crippen LogP contribution in [0.2, 0.25) is 0 Å². The van der Waals surface area contributed by atoms with Gasteiger partial charge in [0.05, 0.1) is 5.56 Å². The molecule has 2 heterocycles. The first kappa shape index (κ1) is 14.4. The van der Waals surface area contributed by atoms with E-state index in [-0.39, 0.29) is 17.5 Å². The van der Waals surface area contributed by atoms with Crippen LogP contribution in [0, 0.1) is 0 Å². The molecule has 2 aliphatic rings. The van der Waals surface area contributed by atoms with E-state index in [0.29, 0.717) is 5.56 Å². The molecule has 0 radical (unpaired) electrons. The maximum atomic E-state index is 12.6. The Morgan fingerprint density at radius 2 is 1.40 bits per heavy atom. The van der Waals surface area contributed by atoms with E-state index < -0.39 is 5.60 Å². The van der Waals surface area contributed by atoms with Gasteiger partial charge >= 0.3 is 5.97 Å². The standard InChI is InChI=1S/C20H12O4S/c21-11-5-7-15-17(9-11)25-18-10-12(22)6-8-16(18)20(15)14-4-2-1-3-13(14)19(23)24-20/h1-10,21-22H. The number of ether oxygens (including phenoxy) is 1. The summed E-state index contributed by atoms with van der Waals surface area (Å²) in [5.41, 5.74) is 1.87. The summed E-state index contributed by atoms with van der Waals surface area (Å²) in [5.74, 6) is -0.0919. The first-order chi connectivity index (χ1) is 12.1. The number of benzene rings is 3. The number of rotatable bonds is 0. The highest BCUT2D eigenvalue weighted by Gasteiger charge is 2.52. The van der Waals surface area contributed by atoms with Crippen LogP contribution < -0.4 is 0 Å². The zero-order valence-corrected chi connectivity index (χ0v) is 13.7. The van der Waals surface area contributed by atoms with Crippen LogP contribution >= 0.6 is 11.8 Å². The highest BCUT2D eigenvalue weighted by molar-refractivity contribution is 7.99. The topological polar surface area (TPSA) is 66.8 Å². The summed E-state index contributed by atoms with van der Waals surface area (Å²) in [4.78, 5) is 14.2. The van der Waals surface area contributed by atoms with Crippen molar-refractivity contribution in [2.24, 2.45) is 0 Å². The lowest BCUT2D eigenvalue weighted by molar-refractivity contribution is 0.0233. The highest BCUT2D eigenvalue weighted by Crippen LogP contribution is 2.57. The van der Waals surface area contributed by atoms with Gasteiger partial charge < -0.3 is 14.9 Å². The molecule has 0 atom stereocenters. The molecule has 3 aromatic carbocycles. The van der Waals surface area contributed by atoms with Gasteiger partial charge in [-0.25, -0.2) is 4.79 Å². The second-order valence-corrected chi connectivity index (χ2v) is 7.16. The number of carbonyl (C=O) groups is 1. The van der Waals surface area contributed by atoms with Crippen LogP contribution in [0.5, 0.6) is 11.5 Å². The van der Waals surface area contributed by atoms with Crippen molar-refractivity contribution in [3.05, 3.63) is 82.9 Å². The average Bonchev–Trinajstić information content (AvgIpc) is 2.88. The van der Waals surface area contributed by atoms with Crippen molar-refractivity contribution in [2.75, 3.05) is 0 Å². The Balaban J connectivity index is 1.91. The van der Waals surface area contributed by atoms with Crippen LogP contribution in [0.1, 0.15) is 27.0 Å². The molecule has 3 aromatic rings. The summed E-state index contributed by atoms with van der Waals surface area (Å²) in [6, 6.07) is 17.4. The Hall–Kier alpha value is -2.92. The van der Waals surface area contributed by atoms with Crippen molar-refractivity contribution in [1.29, 1.82) is 0 Å². The van der Waals surface area contributed by atoms with E-state index in [1.165, 1.54) is 11.8 Å². The van der Waals surface area contributed by atoms with Crippen LogP contribution in [-0.4, -0.2) is 16.2 Å². The van der Waals surface area contributed by atoms with E-state index in [2.05, 4.69) is 0 Å². The molecule has 5 heteroatoms. The van der Waals surface area contributed by atoms with Gasteiger partial charge in [-0.1, -0.05) is 30.0 Å². The molecule has 0 aromatic heterocycles. The SMILES string of the molecule is O=C1OC2(c3ccc(O)cc3Sc3cc(O)ccc32)c2ccccc21. The number of fused-ring (bicyclic) bond motifs is 6. The van der Waals surface area contributed by atoms with Crippen molar-refractivity contribution < 1.29 is 19.7 Å². The minimum Gasteiger partial charge on any atom is -0.508 e. The molecule has 0 saturated carbocycles. The number of hydrogen-bond donors (Lipinski definition) is 2. The Bertz CT molecular complexity index is 1010. The van der Waals surface area contributed by atoms with Crippen LogP contribution in [0.4, 0.5) is 0 Å². The van der Waals surface area contributed by atoms with Gasteiger partial charge in [-0.05, 0) is 42.5 Å². The predicted molar refractivity (Wildman–Crippen MR) is 92.1 cm³/mol. The summed E-state index contributed by atoms with van der Waals surface area (Å²) >= 11 is 1.44. The van der Waals surface area contributed by atoms with Gasteiger partial charge in [0.2, 0.25) is 0 Å². The number of aromatic hydroxyl groups is 2. The lowest BCUT2D eigenvalue weighted by Gasteiger charge is -2.36. The first-order valence-corrected chi connectivity index (χ1v) is 8.59. The lowest BCUT2D eigenvalue weighted by Crippen LogP contribution is -2.32. The minimum absolute atomic E-state index is 0.141. The number of carbonyl (C=O) groups excluding carboxylic acids is 1. The number of phenols is 2. The normalized spacial score (nSPS) is 16.1. The van der Waals surface area contributed by atoms with Crippen molar-refractivity contribution in [3.63, 3.8) is 0 Å². The summed E-state index contributed by atoms with van der Waals surface area (Å²) in [6.07, 6.45) is 0. The fourth-order valence-corrected chi connectivity index (χ4v) is 4.89. The zero-order valence-electron chi connectivity index (χ0n) is 12.9. The summed E-state index contributed by atoms with van der Waals surface area (Å²) < 4.78 is 5.98. The maximum absolute atomic E-state index is 12.6. The van der Waals surface area contributed by atoms with E-state index in [9.17, 15) is 15.0 Å². The van der Waals surface area contributed by atoms with Gasteiger partial charge in [-0.3, -0.25) is 0 Å².